The van der Waals surface area contributed by atoms with Gasteiger partial charge in [0.25, 0.3) is 5.89 Å². The summed E-state index contributed by atoms with van der Waals surface area (Å²) in [5, 5.41) is 3.91. The largest absolute Gasteiger partial charge is 0.398 e. The standard InChI is InChI=1S/C12H15N3O/c1-3-4-11-14-12(16-15-11)9-7-8(2)5-6-10(9)13/h5-7H,3-4,13H2,1-2H3. The summed E-state index contributed by atoms with van der Waals surface area (Å²) < 4.78 is 5.20. The molecule has 0 saturated heterocycles. The highest BCUT2D eigenvalue weighted by molar-refractivity contribution is 5.70. The van der Waals surface area contributed by atoms with E-state index in [2.05, 4.69) is 17.1 Å². The van der Waals surface area contributed by atoms with Crippen LogP contribution < -0.4 is 5.73 Å². The summed E-state index contributed by atoms with van der Waals surface area (Å²) in [6.45, 7) is 4.09. The maximum absolute atomic E-state index is 5.88. The van der Waals surface area contributed by atoms with Gasteiger partial charge in [-0.2, -0.15) is 4.98 Å². The van der Waals surface area contributed by atoms with E-state index < -0.39 is 0 Å². The van der Waals surface area contributed by atoms with Gasteiger partial charge >= 0.3 is 0 Å². The number of benzene rings is 1. The summed E-state index contributed by atoms with van der Waals surface area (Å²) in [6.07, 6.45) is 1.83. The highest BCUT2D eigenvalue weighted by Crippen LogP contribution is 2.25. The first-order valence-electron chi connectivity index (χ1n) is 5.39. The molecule has 1 heterocycles. The van der Waals surface area contributed by atoms with Crippen molar-refractivity contribution in [1.82, 2.24) is 10.1 Å². The summed E-state index contributed by atoms with van der Waals surface area (Å²) in [7, 11) is 0. The van der Waals surface area contributed by atoms with Crippen molar-refractivity contribution in [3.05, 3.63) is 29.6 Å². The first-order chi connectivity index (χ1) is 7.70. The van der Waals surface area contributed by atoms with Gasteiger partial charge in [0, 0.05) is 12.1 Å². The van der Waals surface area contributed by atoms with Crippen LogP contribution in [0.3, 0.4) is 0 Å². The number of anilines is 1. The molecular weight excluding hydrogens is 202 g/mol. The van der Waals surface area contributed by atoms with Crippen LogP contribution in [0.25, 0.3) is 11.5 Å². The lowest BCUT2D eigenvalue weighted by molar-refractivity contribution is 0.422. The SMILES string of the molecule is CCCc1noc(-c2cc(C)ccc2N)n1. The molecule has 0 amide bonds. The number of nitrogens with zero attached hydrogens (tertiary/aromatic N) is 2. The number of aryl methyl sites for hydroxylation is 2. The Hall–Kier alpha value is -1.84. The van der Waals surface area contributed by atoms with Gasteiger partial charge in [0.15, 0.2) is 5.82 Å². The molecule has 0 radical (unpaired) electrons. The van der Waals surface area contributed by atoms with E-state index >= 15 is 0 Å². The molecule has 0 aliphatic heterocycles. The zero-order valence-corrected chi connectivity index (χ0v) is 9.53. The lowest BCUT2D eigenvalue weighted by Gasteiger charge is -2.01. The van der Waals surface area contributed by atoms with Gasteiger partial charge in [-0.25, -0.2) is 0 Å². The normalized spacial score (nSPS) is 10.6. The van der Waals surface area contributed by atoms with Crippen LogP contribution in [0.2, 0.25) is 0 Å². The molecule has 0 unspecified atom stereocenters. The fourth-order valence-corrected chi connectivity index (χ4v) is 1.54. The molecule has 0 bridgehead atoms. The Morgan fingerprint density at radius 1 is 1.38 bits per heavy atom. The number of hydrogen-bond donors (Lipinski definition) is 1. The molecule has 2 aromatic rings. The van der Waals surface area contributed by atoms with Crippen LogP contribution in [0.1, 0.15) is 24.7 Å². The predicted octanol–water partition coefficient (Wildman–Crippen LogP) is 2.58. The monoisotopic (exact) mass is 217 g/mol. The summed E-state index contributed by atoms with van der Waals surface area (Å²) in [5.74, 6) is 1.24. The van der Waals surface area contributed by atoms with Crippen LogP contribution in [0, 0.1) is 6.92 Å². The van der Waals surface area contributed by atoms with Gasteiger partial charge in [-0.3, -0.25) is 0 Å². The molecule has 2 rings (SSSR count). The Kier molecular flexibility index (Phi) is 2.90. The first-order valence-corrected chi connectivity index (χ1v) is 5.39. The molecule has 0 atom stereocenters. The first kappa shape index (κ1) is 10.7. The molecule has 4 heteroatoms. The minimum Gasteiger partial charge on any atom is -0.398 e. The smallest absolute Gasteiger partial charge is 0.260 e. The third-order valence-corrected chi connectivity index (χ3v) is 2.38. The Morgan fingerprint density at radius 3 is 2.94 bits per heavy atom. The molecule has 0 aliphatic rings. The van der Waals surface area contributed by atoms with Gasteiger partial charge < -0.3 is 10.3 Å². The Morgan fingerprint density at radius 2 is 2.19 bits per heavy atom. The molecule has 0 spiro atoms. The second-order valence-corrected chi connectivity index (χ2v) is 3.86. The van der Waals surface area contributed by atoms with Crippen LogP contribution in [-0.2, 0) is 6.42 Å². The van der Waals surface area contributed by atoms with Crippen molar-refractivity contribution in [2.45, 2.75) is 26.7 Å². The van der Waals surface area contributed by atoms with Crippen LogP contribution in [-0.4, -0.2) is 10.1 Å². The fraction of sp³-hybridized carbons (Fsp3) is 0.333. The van der Waals surface area contributed by atoms with E-state index in [1.54, 1.807) is 0 Å². The highest BCUT2D eigenvalue weighted by Gasteiger charge is 2.11. The van der Waals surface area contributed by atoms with Gasteiger partial charge in [-0.1, -0.05) is 23.7 Å². The fourth-order valence-electron chi connectivity index (χ4n) is 1.54. The molecule has 4 nitrogen and oxygen atoms in total. The van der Waals surface area contributed by atoms with Gasteiger partial charge in [0.2, 0.25) is 0 Å². The summed E-state index contributed by atoms with van der Waals surface area (Å²) in [5.41, 5.74) is 8.48. The van der Waals surface area contributed by atoms with E-state index in [1.165, 1.54) is 0 Å². The van der Waals surface area contributed by atoms with E-state index in [4.69, 9.17) is 10.3 Å². The molecule has 84 valence electrons. The zero-order chi connectivity index (χ0) is 11.5. The van der Waals surface area contributed by atoms with E-state index in [-0.39, 0.29) is 0 Å². The van der Waals surface area contributed by atoms with Crippen molar-refractivity contribution in [3.8, 4) is 11.5 Å². The second-order valence-electron chi connectivity index (χ2n) is 3.86. The van der Waals surface area contributed by atoms with Gasteiger partial charge in [-0.15, -0.1) is 0 Å². The number of hydrogen-bond acceptors (Lipinski definition) is 4. The van der Waals surface area contributed by atoms with Crippen molar-refractivity contribution in [2.75, 3.05) is 5.73 Å². The van der Waals surface area contributed by atoms with Crippen molar-refractivity contribution < 1.29 is 4.52 Å². The number of nitrogen functional groups attached to an aromatic ring is 1. The molecule has 0 saturated carbocycles. The van der Waals surface area contributed by atoms with E-state index in [0.29, 0.717) is 11.6 Å². The molecule has 0 fully saturated rings. The minimum atomic E-state index is 0.504. The Bertz CT molecular complexity index is 491. The van der Waals surface area contributed by atoms with Crippen LogP contribution in [0.15, 0.2) is 22.7 Å². The van der Waals surface area contributed by atoms with E-state index in [9.17, 15) is 0 Å². The average Bonchev–Trinajstić information content (AvgIpc) is 2.71. The third kappa shape index (κ3) is 2.05. The number of nitrogens with two attached hydrogens (primary N) is 1. The third-order valence-electron chi connectivity index (χ3n) is 2.38. The Labute approximate surface area is 94.5 Å². The van der Waals surface area contributed by atoms with Gasteiger partial charge in [0.1, 0.15) is 0 Å². The van der Waals surface area contributed by atoms with Crippen LogP contribution in [0.4, 0.5) is 5.69 Å². The van der Waals surface area contributed by atoms with E-state index in [1.807, 2.05) is 25.1 Å². The summed E-state index contributed by atoms with van der Waals surface area (Å²) in [6, 6.07) is 5.77. The summed E-state index contributed by atoms with van der Waals surface area (Å²) >= 11 is 0. The quantitative estimate of drug-likeness (QED) is 0.802. The molecule has 2 N–H and O–H groups in total. The molecule has 1 aromatic carbocycles. The van der Waals surface area contributed by atoms with E-state index in [0.717, 1.165) is 29.8 Å². The van der Waals surface area contributed by atoms with Crippen LogP contribution >= 0.6 is 0 Å². The second kappa shape index (κ2) is 4.35. The number of aromatic nitrogens is 2. The molecule has 0 aliphatic carbocycles. The van der Waals surface area contributed by atoms with Crippen molar-refractivity contribution in [2.24, 2.45) is 0 Å². The highest BCUT2D eigenvalue weighted by atomic mass is 16.5. The Balaban J connectivity index is 2.38. The van der Waals surface area contributed by atoms with Gasteiger partial charge in [0.05, 0.1) is 5.56 Å². The maximum Gasteiger partial charge on any atom is 0.260 e. The minimum absolute atomic E-state index is 0.504. The zero-order valence-electron chi connectivity index (χ0n) is 9.53. The van der Waals surface area contributed by atoms with Crippen molar-refractivity contribution in [3.63, 3.8) is 0 Å². The predicted molar refractivity (Wildman–Crippen MR) is 62.9 cm³/mol. The van der Waals surface area contributed by atoms with Crippen molar-refractivity contribution >= 4 is 5.69 Å². The van der Waals surface area contributed by atoms with Crippen molar-refractivity contribution in [1.29, 1.82) is 0 Å². The summed E-state index contributed by atoms with van der Waals surface area (Å²) in [4.78, 5) is 4.31. The number of rotatable bonds is 3. The molecule has 1 aromatic heterocycles. The average molecular weight is 217 g/mol. The lowest BCUT2D eigenvalue weighted by Crippen LogP contribution is -1.91. The van der Waals surface area contributed by atoms with Gasteiger partial charge in [-0.05, 0) is 25.5 Å². The lowest BCUT2D eigenvalue weighted by atomic mass is 10.1. The van der Waals surface area contributed by atoms with Crippen LogP contribution in [0.5, 0.6) is 0 Å². The topological polar surface area (TPSA) is 64.9 Å². The maximum atomic E-state index is 5.88. The molecule has 16 heavy (non-hydrogen) atoms. The molecular formula is C12H15N3O.